The Morgan fingerprint density at radius 3 is 1.04 bits per heavy atom. The molecule has 5 heteroatoms. The van der Waals surface area contributed by atoms with E-state index < -0.39 is 0 Å². The Balaban J connectivity index is 0.977. The molecule has 1 aromatic heterocycles. The fourth-order valence-electron chi connectivity index (χ4n) is 18.0. The first-order valence-electron chi connectivity index (χ1n) is 34.8. The summed E-state index contributed by atoms with van der Waals surface area (Å²) in [6.07, 6.45) is 6.55. The molecule has 20 rings (SSSR count). The Labute approximate surface area is 564 Å². The van der Waals surface area contributed by atoms with Crippen molar-refractivity contribution in [2.24, 2.45) is 11.8 Å². The van der Waals surface area contributed by atoms with Gasteiger partial charge in [-0.05, 0) is 189 Å². The maximum absolute atomic E-state index is 2.91. The number of nitrogens with zero attached hydrogens (tertiary/aromatic N) is 4. The Morgan fingerprint density at radius 1 is 0.312 bits per heavy atom. The van der Waals surface area contributed by atoms with Crippen LogP contribution in [0.4, 0.5) is 39.8 Å². The molecule has 4 nitrogen and oxygen atoms in total. The van der Waals surface area contributed by atoms with Crippen LogP contribution in [-0.2, 0) is 5.41 Å². The van der Waals surface area contributed by atoms with Crippen molar-refractivity contribution < 1.29 is 0 Å². The first kappa shape index (κ1) is 56.6. The van der Waals surface area contributed by atoms with E-state index in [1.807, 2.05) is 0 Å². The van der Waals surface area contributed by atoms with E-state index in [2.05, 4.69) is 343 Å². The summed E-state index contributed by atoms with van der Waals surface area (Å²) in [5.41, 5.74) is 30.9. The average Bonchev–Trinajstić information content (AvgIpc) is 0.724. The minimum Gasteiger partial charge on any atom is -0.365 e. The van der Waals surface area contributed by atoms with Gasteiger partial charge in [-0.2, -0.15) is 0 Å². The van der Waals surface area contributed by atoms with Gasteiger partial charge in [0.1, 0.15) is 0 Å². The molecule has 0 N–H and O–H groups in total. The van der Waals surface area contributed by atoms with Crippen molar-refractivity contribution in [3.63, 3.8) is 0 Å². The molecule has 13 aromatic carbocycles. The summed E-state index contributed by atoms with van der Waals surface area (Å²) >= 11 is 0. The van der Waals surface area contributed by atoms with E-state index in [0.717, 1.165) is 45.5 Å². The van der Waals surface area contributed by atoms with Crippen LogP contribution in [0.3, 0.4) is 0 Å². The molecule has 6 aliphatic rings. The molecule has 0 radical (unpaired) electrons. The van der Waals surface area contributed by atoms with Gasteiger partial charge in [-0.15, -0.1) is 0 Å². The van der Waals surface area contributed by atoms with Gasteiger partial charge in [-0.1, -0.05) is 251 Å². The molecular weight excluding hydrogens is 1160 g/mol. The summed E-state index contributed by atoms with van der Waals surface area (Å²) in [4.78, 5) is 8.43. The third-order valence-electron chi connectivity index (χ3n) is 22.1. The van der Waals surface area contributed by atoms with Crippen molar-refractivity contribution >= 4 is 84.7 Å². The zero-order valence-corrected chi connectivity index (χ0v) is 54.6. The number of fused-ring (bicyclic) bond motifs is 7. The number of anilines is 7. The van der Waals surface area contributed by atoms with E-state index in [9.17, 15) is 0 Å². The summed E-state index contributed by atoms with van der Waals surface area (Å²) in [6, 6.07) is 116. The van der Waals surface area contributed by atoms with Gasteiger partial charge in [0.15, 0.2) is 0 Å². The second kappa shape index (κ2) is 22.4. The zero-order chi connectivity index (χ0) is 63.8. The van der Waals surface area contributed by atoms with Crippen molar-refractivity contribution in [3.8, 4) is 72.4 Å². The average molecular weight is 1230 g/mol. The highest BCUT2D eigenvalue weighted by molar-refractivity contribution is 7.00. The normalized spacial score (nSPS) is 17.4. The largest absolute Gasteiger partial charge is 0.365 e. The van der Waals surface area contributed by atoms with E-state index >= 15 is 0 Å². The van der Waals surface area contributed by atoms with E-state index in [0.29, 0.717) is 12.1 Å². The molecule has 2 saturated heterocycles. The second-order valence-electron chi connectivity index (χ2n) is 28.8. The van der Waals surface area contributed by atoms with Crippen LogP contribution >= 0.6 is 0 Å². The predicted octanol–water partition coefficient (Wildman–Crippen LogP) is 21.9. The number of benzene rings is 13. The highest BCUT2D eigenvalue weighted by atomic mass is 15.2. The minimum absolute atomic E-state index is 0.163. The summed E-state index contributed by atoms with van der Waals surface area (Å²) in [5, 5.41) is 2.49. The maximum Gasteiger partial charge on any atom is 0.252 e. The lowest BCUT2D eigenvalue weighted by molar-refractivity contribution is 0.0900. The molecule has 4 bridgehead atoms. The minimum atomic E-state index is -0.291. The zero-order valence-electron chi connectivity index (χ0n) is 54.6. The fraction of sp³-hybridized carbons (Fsp3) is 0.143. The lowest BCUT2D eigenvalue weighted by Gasteiger charge is -2.57. The molecule has 4 aliphatic heterocycles. The van der Waals surface area contributed by atoms with Crippen LogP contribution in [0, 0.1) is 11.8 Å². The van der Waals surface area contributed by atoms with Crippen LogP contribution in [0.25, 0.3) is 94.3 Å². The molecule has 460 valence electrons. The van der Waals surface area contributed by atoms with Gasteiger partial charge in [0, 0.05) is 79.2 Å². The molecule has 96 heavy (non-hydrogen) atoms. The number of hydrogen-bond donors (Lipinski definition) is 0. The third kappa shape index (κ3) is 9.18. The number of rotatable bonds is 10. The molecule has 5 heterocycles. The number of piperidine rings is 2. The Bertz CT molecular complexity index is 5140. The standard InChI is InChI=1S/C91H73BN4/c1-91(2,3)69-55-86-88-87(56-69)96(90-78(65-34-18-8-19-35-65)53-68(62-28-12-5-13-29-62)54-79(90)66-36-20-9-21-37-66)85-58-71(94-82-40-24-22-38-74(82)75-39-23-25-41-83(75)94)43-45-81(85)92(88)80-44-42-70(93-72-47-59-46-60(49-72)50-73(93)48-59)57-84(80)95(86)89-76(63-30-14-6-15-31-63)51-67(61-26-10-4-11-27-61)52-77(89)64-32-16-7-17-33-64/h4-45,51-60,72-73H,46-50H2,1-3H3. The van der Waals surface area contributed by atoms with Gasteiger partial charge in [-0.25, -0.2) is 0 Å². The monoisotopic (exact) mass is 1230 g/mol. The van der Waals surface area contributed by atoms with Crippen molar-refractivity contribution in [2.45, 2.75) is 70.4 Å². The third-order valence-corrected chi connectivity index (χ3v) is 22.1. The van der Waals surface area contributed by atoms with Crippen LogP contribution in [-0.4, -0.2) is 23.4 Å². The van der Waals surface area contributed by atoms with Crippen LogP contribution < -0.4 is 31.1 Å². The van der Waals surface area contributed by atoms with Gasteiger partial charge >= 0.3 is 0 Å². The summed E-state index contributed by atoms with van der Waals surface area (Å²) in [6.45, 7) is 7.08. The Morgan fingerprint density at radius 2 is 0.656 bits per heavy atom. The van der Waals surface area contributed by atoms with Gasteiger partial charge in [-0.3, -0.25) is 0 Å². The van der Waals surface area contributed by atoms with Crippen molar-refractivity contribution in [1.82, 2.24) is 4.57 Å². The van der Waals surface area contributed by atoms with E-state index in [1.54, 1.807) is 0 Å². The molecule has 2 saturated carbocycles. The van der Waals surface area contributed by atoms with Crippen molar-refractivity contribution in [3.05, 3.63) is 309 Å². The molecule has 4 fully saturated rings. The van der Waals surface area contributed by atoms with Crippen molar-refractivity contribution in [1.29, 1.82) is 0 Å². The maximum atomic E-state index is 2.91. The highest BCUT2D eigenvalue weighted by Gasteiger charge is 2.50. The molecular formula is C91H73BN4. The highest BCUT2D eigenvalue weighted by Crippen LogP contribution is 2.57. The topological polar surface area (TPSA) is 14.7 Å². The van der Waals surface area contributed by atoms with Crippen molar-refractivity contribution in [2.75, 3.05) is 14.7 Å². The molecule has 14 aromatic rings. The van der Waals surface area contributed by atoms with Gasteiger partial charge < -0.3 is 19.3 Å². The molecule has 0 spiro atoms. The second-order valence-corrected chi connectivity index (χ2v) is 28.8. The van der Waals surface area contributed by atoms with Crippen LogP contribution in [0.15, 0.2) is 303 Å². The predicted molar refractivity (Wildman–Crippen MR) is 406 cm³/mol. The van der Waals surface area contributed by atoms with Gasteiger partial charge in [0.05, 0.1) is 22.4 Å². The van der Waals surface area contributed by atoms with E-state index in [4.69, 9.17) is 0 Å². The molecule has 0 atom stereocenters. The van der Waals surface area contributed by atoms with Gasteiger partial charge in [0.2, 0.25) is 0 Å². The van der Waals surface area contributed by atoms with Crippen LogP contribution in [0.5, 0.6) is 0 Å². The Hall–Kier alpha value is -10.9. The number of para-hydroxylation sites is 2. The van der Waals surface area contributed by atoms with Crippen LogP contribution in [0.1, 0.15) is 58.4 Å². The molecule has 0 amide bonds. The first-order valence-corrected chi connectivity index (χ1v) is 34.8. The van der Waals surface area contributed by atoms with E-state index in [1.165, 1.54) is 154 Å². The SMILES string of the molecule is CC(C)(C)c1cc2c3c(c1)N(c1c(-c4ccccc4)cc(-c4ccccc4)cc1-c1ccccc1)c1cc(-n4c5ccccc5c5ccccc54)ccc1B3c1ccc(N3C4CC5CC(C4)CC3C5)cc1N2c1c(-c2ccccc2)cc(-c2ccccc2)cc1-c1ccccc1. The fourth-order valence-corrected chi connectivity index (χ4v) is 18.0. The molecule has 0 unspecified atom stereocenters. The Kier molecular flexibility index (Phi) is 13.2. The first-order chi connectivity index (χ1) is 47.2. The van der Waals surface area contributed by atoms with E-state index in [-0.39, 0.29) is 12.1 Å². The molecule has 2 aliphatic carbocycles. The summed E-state index contributed by atoms with van der Waals surface area (Å²) in [5.74, 6) is 1.66. The van der Waals surface area contributed by atoms with Crippen LogP contribution in [0.2, 0.25) is 0 Å². The smallest absolute Gasteiger partial charge is 0.252 e. The quantitative estimate of drug-likeness (QED) is 0.127. The number of aromatic nitrogens is 1. The lowest BCUT2D eigenvalue weighted by atomic mass is 9.33. The summed E-state index contributed by atoms with van der Waals surface area (Å²) in [7, 11) is 0. The summed E-state index contributed by atoms with van der Waals surface area (Å²) < 4.78 is 2.52. The van der Waals surface area contributed by atoms with Gasteiger partial charge in [0.25, 0.3) is 6.71 Å². The lowest BCUT2D eigenvalue weighted by Crippen LogP contribution is -2.62. The number of hydrogen-bond acceptors (Lipinski definition) is 3.